The molecule has 0 saturated carbocycles. The van der Waals surface area contributed by atoms with E-state index < -0.39 is 5.82 Å². The van der Waals surface area contributed by atoms with E-state index in [9.17, 15) is 14.0 Å². The number of carbonyl (C=O) groups excluding carboxylic acids is 2. The maximum absolute atomic E-state index is 14.4. The van der Waals surface area contributed by atoms with Gasteiger partial charge in [-0.05, 0) is 42.5 Å². The van der Waals surface area contributed by atoms with Gasteiger partial charge < -0.3 is 15.2 Å². The number of hydrogen-bond donors (Lipinski definition) is 2. The minimum Gasteiger partial charge on any atom is -0.339 e. The summed E-state index contributed by atoms with van der Waals surface area (Å²) in [4.78, 5) is 32.0. The van der Waals surface area contributed by atoms with Crippen molar-refractivity contribution in [3.8, 4) is 22.6 Å². The van der Waals surface area contributed by atoms with Crippen LogP contribution in [0, 0.1) is 5.82 Å². The Morgan fingerprint density at radius 3 is 2.64 bits per heavy atom. The number of aryl methyl sites for hydroxylation is 1. The number of halogens is 2. The third kappa shape index (κ3) is 5.79. The van der Waals surface area contributed by atoms with Crippen molar-refractivity contribution in [2.24, 2.45) is 0 Å². The summed E-state index contributed by atoms with van der Waals surface area (Å²) in [5.41, 5.74) is 1.76. The van der Waals surface area contributed by atoms with Gasteiger partial charge in [-0.2, -0.15) is 4.98 Å². The number of thiazole rings is 1. The topological polar surface area (TPSA) is 110 Å². The monoisotopic (exact) mass is 485 g/mol. The second-order valence-corrected chi connectivity index (χ2v) is 8.28. The van der Waals surface area contributed by atoms with Gasteiger partial charge in [0.05, 0.1) is 5.69 Å². The molecule has 0 atom stereocenters. The van der Waals surface area contributed by atoms with Gasteiger partial charge in [0.15, 0.2) is 5.13 Å². The molecule has 168 valence electrons. The van der Waals surface area contributed by atoms with Crippen molar-refractivity contribution >= 4 is 45.6 Å². The fourth-order valence-electron chi connectivity index (χ4n) is 2.93. The lowest BCUT2D eigenvalue weighted by atomic mass is 10.1. The Kier molecular flexibility index (Phi) is 6.76. The largest absolute Gasteiger partial charge is 0.339 e. The van der Waals surface area contributed by atoms with Gasteiger partial charge in [-0.1, -0.05) is 16.8 Å². The zero-order valence-corrected chi connectivity index (χ0v) is 18.8. The van der Waals surface area contributed by atoms with Gasteiger partial charge >= 0.3 is 0 Å². The van der Waals surface area contributed by atoms with Crippen LogP contribution in [0.4, 0.5) is 15.2 Å². The predicted molar refractivity (Wildman–Crippen MR) is 124 cm³/mol. The Balaban J connectivity index is 1.34. The standard InChI is InChI=1S/C22H17ClFN5O3S/c1-12(30)25-15-6-7-16(17(24)10-15)18-11-33-22(26-18)27-19(31)8-9-20-28-21(29-32-20)13-2-4-14(23)5-3-13/h2-7,10-11H,8-9H2,1H3,(H,25,30)(H,26,27,31). The first-order valence-electron chi connectivity index (χ1n) is 9.79. The third-order valence-electron chi connectivity index (χ3n) is 4.45. The smallest absolute Gasteiger partial charge is 0.227 e. The maximum Gasteiger partial charge on any atom is 0.227 e. The second kappa shape index (κ2) is 9.88. The average molecular weight is 486 g/mol. The number of benzene rings is 2. The zero-order chi connectivity index (χ0) is 23.4. The molecule has 0 aliphatic heterocycles. The SMILES string of the molecule is CC(=O)Nc1ccc(-c2csc(NC(=O)CCc3nc(-c4ccc(Cl)cc4)no3)n2)c(F)c1. The number of aromatic nitrogens is 3. The van der Waals surface area contributed by atoms with Crippen LogP contribution in [0.5, 0.6) is 0 Å². The van der Waals surface area contributed by atoms with E-state index in [-0.39, 0.29) is 30.2 Å². The van der Waals surface area contributed by atoms with E-state index in [1.54, 1.807) is 35.7 Å². The summed E-state index contributed by atoms with van der Waals surface area (Å²) in [7, 11) is 0. The number of hydrogen-bond acceptors (Lipinski definition) is 7. The molecule has 11 heteroatoms. The minimum atomic E-state index is -0.530. The first kappa shape index (κ1) is 22.6. The summed E-state index contributed by atoms with van der Waals surface area (Å²) >= 11 is 7.06. The number of rotatable bonds is 7. The Morgan fingerprint density at radius 2 is 1.91 bits per heavy atom. The molecule has 0 saturated heterocycles. The van der Waals surface area contributed by atoms with Crippen LogP contribution in [-0.4, -0.2) is 26.9 Å². The van der Waals surface area contributed by atoms with Gasteiger partial charge in [0.2, 0.25) is 23.5 Å². The molecule has 2 N–H and O–H groups in total. The van der Waals surface area contributed by atoms with Crippen LogP contribution in [0.2, 0.25) is 5.02 Å². The molecule has 0 aliphatic rings. The fourth-order valence-corrected chi connectivity index (χ4v) is 3.79. The lowest BCUT2D eigenvalue weighted by Gasteiger charge is -2.05. The summed E-state index contributed by atoms with van der Waals surface area (Å²) < 4.78 is 19.6. The highest BCUT2D eigenvalue weighted by Gasteiger charge is 2.14. The molecule has 0 radical (unpaired) electrons. The van der Waals surface area contributed by atoms with Crippen molar-refractivity contribution in [3.05, 3.63) is 64.6 Å². The lowest BCUT2D eigenvalue weighted by Crippen LogP contribution is -2.12. The van der Waals surface area contributed by atoms with Crippen LogP contribution in [0.25, 0.3) is 22.6 Å². The molecule has 0 unspecified atom stereocenters. The summed E-state index contributed by atoms with van der Waals surface area (Å²) in [5, 5.41) is 11.7. The van der Waals surface area contributed by atoms with Crippen LogP contribution in [-0.2, 0) is 16.0 Å². The highest BCUT2D eigenvalue weighted by molar-refractivity contribution is 7.14. The minimum absolute atomic E-state index is 0.108. The van der Waals surface area contributed by atoms with Crippen molar-refractivity contribution in [2.45, 2.75) is 19.8 Å². The molecule has 4 rings (SSSR count). The number of nitrogens with zero attached hydrogens (tertiary/aromatic N) is 3. The lowest BCUT2D eigenvalue weighted by molar-refractivity contribution is -0.116. The number of nitrogens with one attached hydrogen (secondary N) is 2. The highest BCUT2D eigenvalue weighted by atomic mass is 35.5. The van der Waals surface area contributed by atoms with Gasteiger partial charge in [-0.25, -0.2) is 9.37 Å². The van der Waals surface area contributed by atoms with E-state index >= 15 is 0 Å². The quantitative estimate of drug-likeness (QED) is 0.373. The first-order chi connectivity index (χ1) is 15.9. The van der Waals surface area contributed by atoms with Crippen molar-refractivity contribution in [3.63, 3.8) is 0 Å². The third-order valence-corrected chi connectivity index (χ3v) is 5.46. The van der Waals surface area contributed by atoms with Gasteiger partial charge in [-0.3, -0.25) is 9.59 Å². The Labute approximate surface area is 196 Å². The van der Waals surface area contributed by atoms with E-state index in [4.69, 9.17) is 16.1 Å². The average Bonchev–Trinajstić information content (AvgIpc) is 3.42. The van der Waals surface area contributed by atoms with Gasteiger partial charge in [-0.15, -0.1) is 11.3 Å². The molecule has 4 aromatic rings. The summed E-state index contributed by atoms with van der Waals surface area (Å²) in [5.74, 6) is -0.363. The van der Waals surface area contributed by atoms with Gasteiger partial charge in [0, 0.05) is 47.0 Å². The predicted octanol–water partition coefficient (Wildman–Crippen LogP) is 5.18. The summed E-state index contributed by atoms with van der Waals surface area (Å²) in [6.07, 6.45) is 0.362. The van der Waals surface area contributed by atoms with Crippen molar-refractivity contribution in [1.82, 2.24) is 15.1 Å². The van der Waals surface area contributed by atoms with Crippen molar-refractivity contribution < 1.29 is 18.5 Å². The Morgan fingerprint density at radius 1 is 1.12 bits per heavy atom. The molecule has 8 nitrogen and oxygen atoms in total. The molecule has 0 fully saturated rings. The van der Waals surface area contributed by atoms with Crippen LogP contribution < -0.4 is 10.6 Å². The van der Waals surface area contributed by atoms with E-state index in [1.165, 1.54) is 30.4 Å². The molecule has 33 heavy (non-hydrogen) atoms. The molecule has 0 bridgehead atoms. The maximum atomic E-state index is 14.4. The Hall–Kier alpha value is -3.63. The molecule has 0 aliphatic carbocycles. The normalized spacial score (nSPS) is 10.8. The molecule has 0 spiro atoms. The molecule has 2 aromatic carbocycles. The second-order valence-electron chi connectivity index (χ2n) is 6.98. The van der Waals surface area contributed by atoms with E-state index in [1.807, 2.05) is 0 Å². The van der Waals surface area contributed by atoms with E-state index in [0.717, 1.165) is 5.56 Å². The number of amides is 2. The van der Waals surface area contributed by atoms with Crippen LogP contribution in [0.1, 0.15) is 19.2 Å². The van der Waals surface area contributed by atoms with Crippen molar-refractivity contribution in [2.75, 3.05) is 10.6 Å². The van der Waals surface area contributed by atoms with Gasteiger partial charge in [0.1, 0.15) is 5.82 Å². The highest BCUT2D eigenvalue weighted by Crippen LogP contribution is 2.29. The van der Waals surface area contributed by atoms with E-state index in [2.05, 4.69) is 25.8 Å². The molecule has 2 amide bonds. The van der Waals surface area contributed by atoms with Crippen LogP contribution in [0.3, 0.4) is 0 Å². The number of anilines is 2. The summed E-state index contributed by atoms with van der Waals surface area (Å²) in [6.45, 7) is 1.35. The summed E-state index contributed by atoms with van der Waals surface area (Å²) in [6, 6.07) is 11.3. The molecular formula is C22H17ClFN5O3S. The fraction of sp³-hybridized carbons (Fsp3) is 0.136. The molecule has 2 heterocycles. The Bertz CT molecular complexity index is 1310. The number of carbonyl (C=O) groups is 2. The van der Waals surface area contributed by atoms with Crippen LogP contribution >= 0.6 is 22.9 Å². The zero-order valence-electron chi connectivity index (χ0n) is 17.3. The van der Waals surface area contributed by atoms with Crippen molar-refractivity contribution in [1.29, 1.82) is 0 Å². The van der Waals surface area contributed by atoms with Gasteiger partial charge in [0.25, 0.3) is 0 Å². The van der Waals surface area contributed by atoms with Crippen LogP contribution in [0.15, 0.2) is 52.4 Å². The van der Waals surface area contributed by atoms with E-state index in [0.29, 0.717) is 33.3 Å². The molecular weight excluding hydrogens is 469 g/mol. The molecule has 2 aromatic heterocycles. The first-order valence-corrected chi connectivity index (χ1v) is 11.0.